The van der Waals surface area contributed by atoms with Gasteiger partial charge in [-0.3, -0.25) is 9.59 Å². The van der Waals surface area contributed by atoms with Crippen molar-refractivity contribution in [1.82, 2.24) is 10.2 Å². The molecule has 2 aliphatic rings. The van der Waals surface area contributed by atoms with Gasteiger partial charge in [0.2, 0.25) is 11.8 Å². The molecule has 0 spiro atoms. The number of carbonyl (C=O) groups is 2. The van der Waals surface area contributed by atoms with Crippen LogP contribution in [0.5, 0.6) is 0 Å². The van der Waals surface area contributed by atoms with Gasteiger partial charge >= 0.3 is 0 Å². The van der Waals surface area contributed by atoms with Crippen LogP contribution < -0.4 is 5.32 Å². The maximum Gasteiger partial charge on any atom is 0.222 e. The summed E-state index contributed by atoms with van der Waals surface area (Å²) in [7, 11) is 0. The number of hydrogen-bond acceptors (Lipinski definition) is 2. The lowest BCUT2D eigenvalue weighted by Crippen LogP contribution is -2.45. The lowest BCUT2D eigenvalue weighted by Gasteiger charge is -2.32. The molecule has 0 radical (unpaired) electrons. The van der Waals surface area contributed by atoms with Gasteiger partial charge in [-0.15, -0.1) is 0 Å². The SMILES string of the molecule is O=C1CCC(CCC(=O)N2CCCCC2)(Cc2ccc3ccccc3c2)N1. The van der Waals surface area contributed by atoms with Gasteiger partial charge in [0.1, 0.15) is 0 Å². The molecular weight excluding hydrogens is 336 g/mol. The van der Waals surface area contributed by atoms with Crippen LogP contribution in [0.4, 0.5) is 0 Å². The van der Waals surface area contributed by atoms with Crippen LogP contribution in [0.3, 0.4) is 0 Å². The van der Waals surface area contributed by atoms with Gasteiger partial charge in [-0.05, 0) is 54.9 Å². The molecule has 2 heterocycles. The number of rotatable bonds is 5. The second kappa shape index (κ2) is 7.71. The minimum atomic E-state index is -0.287. The summed E-state index contributed by atoms with van der Waals surface area (Å²) in [6.07, 6.45) is 6.87. The number of benzene rings is 2. The zero-order chi connectivity index (χ0) is 18.7. The van der Waals surface area contributed by atoms with Gasteiger partial charge in [-0.1, -0.05) is 42.5 Å². The number of likely N-dealkylation sites (tertiary alicyclic amines) is 1. The fourth-order valence-electron chi connectivity index (χ4n) is 4.57. The molecule has 0 aliphatic carbocycles. The molecule has 142 valence electrons. The van der Waals surface area contributed by atoms with Crippen molar-refractivity contribution in [3.63, 3.8) is 0 Å². The summed E-state index contributed by atoms with van der Waals surface area (Å²) < 4.78 is 0. The molecule has 2 aliphatic heterocycles. The van der Waals surface area contributed by atoms with Gasteiger partial charge in [-0.25, -0.2) is 0 Å². The molecule has 2 amide bonds. The number of piperidine rings is 1. The molecule has 27 heavy (non-hydrogen) atoms. The van der Waals surface area contributed by atoms with E-state index in [1.165, 1.54) is 22.8 Å². The van der Waals surface area contributed by atoms with E-state index in [0.29, 0.717) is 12.8 Å². The molecule has 0 saturated carbocycles. The number of hydrogen-bond donors (Lipinski definition) is 1. The van der Waals surface area contributed by atoms with E-state index in [4.69, 9.17) is 0 Å². The van der Waals surface area contributed by atoms with Crippen molar-refractivity contribution in [3.8, 4) is 0 Å². The molecule has 4 heteroatoms. The van der Waals surface area contributed by atoms with E-state index in [1.807, 2.05) is 11.0 Å². The van der Waals surface area contributed by atoms with Gasteiger partial charge in [-0.2, -0.15) is 0 Å². The van der Waals surface area contributed by atoms with Crippen LogP contribution in [-0.2, 0) is 16.0 Å². The van der Waals surface area contributed by atoms with E-state index in [2.05, 4.69) is 41.7 Å². The fraction of sp³-hybridized carbons (Fsp3) is 0.478. The van der Waals surface area contributed by atoms with Crippen LogP contribution in [-0.4, -0.2) is 35.3 Å². The smallest absolute Gasteiger partial charge is 0.222 e. The summed E-state index contributed by atoms with van der Waals surface area (Å²) in [6.45, 7) is 1.78. The van der Waals surface area contributed by atoms with Gasteiger partial charge in [0.15, 0.2) is 0 Å². The zero-order valence-electron chi connectivity index (χ0n) is 15.9. The largest absolute Gasteiger partial charge is 0.350 e. The Bertz CT molecular complexity index is 841. The van der Waals surface area contributed by atoms with E-state index in [-0.39, 0.29) is 17.4 Å². The molecule has 4 rings (SSSR count). The number of amides is 2. The number of carbonyl (C=O) groups excluding carboxylic acids is 2. The van der Waals surface area contributed by atoms with Crippen molar-refractivity contribution >= 4 is 22.6 Å². The molecule has 4 nitrogen and oxygen atoms in total. The Kier molecular flexibility index (Phi) is 5.15. The molecule has 0 aromatic heterocycles. The first-order valence-corrected chi connectivity index (χ1v) is 10.2. The summed E-state index contributed by atoms with van der Waals surface area (Å²) in [5.74, 6) is 0.356. The molecule has 2 fully saturated rings. The van der Waals surface area contributed by atoms with Gasteiger partial charge in [0.25, 0.3) is 0 Å². The normalized spacial score (nSPS) is 22.8. The minimum Gasteiger partial charge on any atom is -0.350 e. The van der Waals surface area contributed by atoms with Crippen LogP contribution in [0, 0.1) is 0 Å². The van der Waals surface area contributed by atoms with Crippen LogP contribution >= 0.6 is 0 Å². The highest BCUT2D eigenvalue weighted by molar-refractivity contribution is 5.83. The standard InChI is InChI=1S/C23H28N2O2/c26-21-10-12-23(24-21,13-11-22(27)25-14-4-1-5-15-25)17-18-8-9-19-6-2-3-7-20(19)16-18/h2-3,6-9,16H,1,4-5,10-15,17H2,(H,24,26). The highest BCUT2D eigenvalue weighted by atomic mass is 16.2. The first-order chi connectivity index (χ1) is 13.1. The molecule has 0 bridgehead atoms. The van der Waals surface area contributed by atoms with Crippen molar-refractivity contribution in [3.05, 3.63) is 48.0 Å². The molecule has 2 aromatic carbocycles. The molecular formula is C23H28N2O2. The van der Waals surface area contributed by atoms with Crippen LogP contribution in [0.25, 0.3) is 10.8 Å². The molecule has 1 atom stereocenters. The highest BCUT2D eigenvalue weighted by Gasteiger charge is 2.38. The Morgan fingerprint density at radius 2 is 1.81 bits per heavy atom. The topological polar surface area (TPSA) is 49.4 Å². The molecule has 2 aromatic rings. The Morgan fingerprint density at radius 3 is 2.56 bits per heavy atom. The third kappa shape index (κ3) is 4.15. The first kappa shape index (κ1) is 18.0. The van der Waals surface area contributed by atoms with Crippen molar-refractivity contribution in [1.29, 1.82) is 0 Å². The predicted octanol–water partition coefficient (Wildman–Crippen LogP) is 3.82. The van der Waals surface area contributed by atoms with E-state index < -0.39 is 0 Å². The molecule has 1 N–H and O–H groups in total. The summed E-state index contributed by atoms with van der Waals surface area (Å²) >= 11 is 0. The minimum absolute atomic E-state index is 0.112. The van der Waals surface area contributed by atoms with E-state index in [9.17, 15) is 9.59 Å². The third-order valence-electron chi connectivity index (χ3n) is 6.12. The average molecular weight is 364 g/mol. The van der Waals surface area contributed by atoms with Crippen molar-refractivity contribution < 1.29 is 9.59 Å². The van der Waals surface area contributed by atoms with Gasteiger partial charge in [0, 0.05) is 31.5 Å². The monoisotopic (exact) mass is 364 g/mol. The van der Waals surface area contributed by atoms with Crippen molar-refractivity contribution in [2.75, 3.05) is 13.1 Å². The quantitative estimate of drug-likeness (QED) is 0.877. The number of nitrogens with one attached hydrogen (secondary N) is 1. The predicted molar refractivity (Wildman–Crippen MR) is 107 cm³/mol. The summed E-state index contributed by atoms with van der Waals surface area (Å²) in [5, 5.41) is 5.66. The Morgan fingerprint density at radius 1 is 1.04 bits per heavy atom. The summed E-state index contributed by atoms with van der Waals surface area (Å²) in [4.78, 5) is 26.6. The van der Waals surface area contributed by atoms with E-state index >= 15 is 0 Å². The molecule has 1 unspecified atom stereocenters. The van der Waals surface area contributed by atoms with Gasteiger partial charge < -0.3 is 10.2 Å². The highest BCUT2D eigenvalue weighted by Crippen LogP contribution is 2.31. The Balaban J connectivity index is 1.47. The Labute approximate surface area is 160 Å². The zero-order valence-corrected chi connectivity index (χ0v) is 15.9. The lowest BCUT2D eigenvalue weighted by molar-refractivity contribution is -0.132. The van der Waals surface area contributed by atoms with E-state index in [0.717, 1.165) is 45.2 Å². The van der Waals surface area contributed by atoms with Gasteiger partial charge in [0.05, 0.1) is 0 Å². The van der Waals surface area contributed by atoms with E-state index in [1.54, 1.807) is 0 Å². The maximum atomic E-state index is 12.6. The van der Waals surface area contributed by atoms with Crippen LogP contribution in [0.1, 0.15) is 50.5 Å². The second-order valence-electron chi connectivity index (χ2n) is 8.13. The lowest BCUT2D eigenvalue weighted by atomic mass is 9.84. The number of nitrogens with zero attached hydrogens (tertiary/aromatic N) is 1. The summed E-state index contributed by atoms with van der Waals surface area (Å²) in [6, 6.07) is 14.9. The third-order valence-corrected chi connectivity index (χ3v) is 6.12. The van der Waals surface area contributed by atoms with Crippen LogP contribution in [0.2, 0.25) is 0 Å². The second-order valence-corrected chi connectivity index (χ2v) is 8.13. The Hall–Kier alpha value is -2.36. The molecule has 2 saturated heterocycles. The number of fused-ring (bicyclic) bond motifs is 1. The van der Waals surface area contributed by atoms with Crippen LogP contribution in [0.15, 0.2) is 42.5 Å². The van der Waals surface area contributed by atoms with Crippen molar-refractivity contribution in [2.24, 2.45) is 0 Å². The average Bonchev–Trinajstić information content (AvgIpc) is 3.07. The summed E-state index contributed by atoms with van der Waals surface area (Å²) in [5.41, 5.74) is 0.937. The maximum absolute atomic E-state index is 12.6. The fourth-order valence-corrected chi connectivity index (χ4v) is 4.57. The first-order valence-electron chi connectivity index (χ1n) is 10.2. The van der Waals surface area contributed by atoms with Crippen molar-refractivity contribution in [2.45, 2.75) is 56.9 Å².